The Bertz CT molecular complexity index is 404. The van der Waals surface area contributed by atoms with Crippen LogP contribution in [-0.2, 0) is 16.0 Å². The number of carboxylic acids is 1. The lowest BCUT2D eigenvalue weighted by atomic mass is 10.1. The normalized spacial score (nSPS) is 11.3. The quantitative estimate of drug-likeness (QED) is 0.595. The van der Waals surface area contributed by atoms with E-state index in [1.807, 2.05) is 0 Å². The molecule has 1 rings (SSSR count). The van der Waals surface area contributed by atoms with E-state index in [1.54, 1.807) is 31.4 Å². The summed E-state index contributed by atoms with van der Waals surface area (Å²) in [5.74, 6) is -0.450. The van der Waals surface area contributed by atoms with Crippen LogP contribution in [0.2, 0.25) is 0 Å². The van der Waals surface area contributed by atoms with E-state index in [1.165, 1.54) is 6.08 Å². The highest BCUT2D eigenvalue weighted by atomic mass is 16.5. The van der Waals surface area contributed by atoms with E-state index in [0.29, 0.717) is 5.75 Å². The van der Waals surface area contributed by atoms with Gasteiger partial charge in [0.15, 0.2) is 6.04 Å². The van der Waals surface area contributed by atoms with Gasteiger partial charge in [-0.15, -0.1) is 0 Å². The molecule has 5 heteroatoms. The molecule has 5 nitrogen and oxygen atoms in total. The Balaban J connectivity index is 2.77. The summed E-state index contributed by atoms with van der Waals surface area (Å²) in [7, 11) is 1.55. The van der Waals surface area contributed by atoms with Crippen molar-refractivity contribution in [1.29, 1.82) is 0 Å². The van der Waals surface area contributed by atoms with Crippen molar-refractivity contribution in [3.05, 3.63) is 29.8 Å². The van der Waals surface area contributed by atoms with Crippen LogP contribution in [-0.4, -0.2) is 30.3 Å². The second-order valence-electron chi connectivity index (χ2n) is 3.13. The number of aliphatic imine (C=N–C) groups is 1. The molecule has 0 spiro atoms. The molecule has 0 fully saturated rings. The minimum Gasteiger partial charge on any atom is -0.497 e. The van der Waals surface area contributed by atoms with Crippen molar-refractivity contribution >= 4 is 12.0 Å². The minimum absolute atomic E-state index is 0.161. The van der Waals surface area contributed by atoms with Crippen LogP contribution in [0.15, 0.2) is 29.3 Å². The van der Waals surface area contributed by atoms with E-state index >= 15 is 0 Å². The van der Waals surface area contributed by atoms with Gasteiger partial charge in [0, 0.05) is 6.42 Å². The highest BCUT2D eigenvalue weighted by Crippen LogP contribution is 2.13. The molecular weight excluding hydrogens is 210 g/mol. The minimum atomic E-state index is -1.14. The van der Waals surface area contributed by atoms with Gasteiger partial charge in [0.1, 0.15) is 5.75 Å². The van der Waals surface area contributed by atoms with Gasteiger partial charge in [-0.2, -0.15) is 4.99 Å². The van der Waals surface area contributed by atoms with Crippen LogP contribution in [0, 0.1) is 0 Å². The van der Waals surface area contributed by atoms with Crippen molar-refractivity contribution < 1.29 is 19.4 Å². The van der Waals surface area contributed by atoms with E-state index < -0.39 is 12.0 Å². The molecule has 0 aliphatic heterocycles. The highest BCUT2D eigenvalue weighted by Gasteiger charge is 2.16. The fourth-order valence-corrected chi connectivity index (χ4v) is 1.24. The molecule has 0 saturated carbocycles. The maximum atomic E-state index is 10.7. The largest absolute Gasteiger partial charge is 0.497 e. The van der Waals surface area contributed by atoms with Gasteiger partial charge in [-0.3, -0.25) is 0 Å². The zero-order chi connectivity index (χ0) is 12.0. The van der Waals surface area contributed by atoms with Gasteiger partial charge in [0.05, 0.1) is 7.11 Å². The highest BCUT2D eigenvalue weighted by molar-refractivity contribution is 5.75. The molecule has 1 aromatic carbocycles. The van der Waals surface area contributed by atoms with Crippen LogP contribution in [0.25, 0.3) is 0 Å². The fourth-order valence-electron chi connectivity index (χ4n) is 1.24. The summed E-state index contributed by atoms with van der Waals surface area (Å²) in [5.41, 5.74) is 0.771. The summed E-state index contributed by atoms with van der Waals surface area (Å²) >= 11 is 0. The van der Waals surface area contributed by atoms with Crippen molar-refractivity contribution in [1.82, 2.24) is 0 Å². The summed E-state index contributed by atoms with van der Waals surface area (Å²) in [6, 6.07) is 5.83. The molecule has 0 aromatic heterocycles. The summed E-state index contributed by atoms with van der Waals surface area (Å²) in [6.45, 7) is 0. The van der Waals surface area contributed by atoms with Gasteiger partial charge in [0.25, 0.3) is 0 Å². The number of isocyanates is 1. The number of nitrogens with zero attached hydrogens (tertiary/aromatic N) is 1. The number of aliphatic carboxylic acids is 1. The first kappa shape index (κ1) is 11.9. The fraction of sp³-hybridized carbons (Fsp3) is 0.273. The first-order chi connectivity index (χ1) is 7.67. The summed E-state index contributed by atoms with van der Waals surface area (Å²) in [6.07, 6.45) is 1.42. The number of hydrogen-bond donors (Lipinski definition) is 1. The van der Waals surface area contributed by atoms with Gasteiger partial charge >= 0.3 is 5.97 Å². The Kier molecular flexibility index (Phi) is 4.24. The third kappa shape index (κ3) is 3.22. The van der Waals surface area contributed by atoms with Crippen molar-refractivity contribution in [2.45, 2.75) is 12.5 Å². The number of carbonyl (C=O) groups excluding carboxylic acids is 1. The van der Waals surface area contributed by atoms with Gasteiger partial charge < -0.3 is 9.84 Å². The maximum absolute atomic E-state index is 10.7. The standard InChI is InChI=1S/C11H11NO4/c1-16-9-4-2-8(3-5-9)6-10(11(14)15)12-7-13/h2-5,10H,6H2,1H3,(H,14,15)/t10-/m0/s1. The Morgan fingerprint density at radius 2 is 2.12 bits per heavy atom. The lowest BCUT2D eigenvalue weighted by Crippen LogP contribution is -2.20. The Morgan fingerprint density at radius 1 is 1.50 bits per heavy atom. The second-order valence-corrected chi connectivity index (χ2v) is 3.13. The monoisotopic (exact) mass is 221 g/mol. The SMILES string of the molecule is COc1ccc(C[C@H](N=C=O)C(=O)O)cc1. The zero-order valence-electron chi connectivity index (χ0n) is 8.71. The van der Waals surface area contributed by atoms with Crippen LogP contribution in [0.5, 0.6) is 5.75 Å². The Morgan fingerprint density at radius 3 is 2.56 bits per heavy atom. The van der Waals surface area contributed by atoms with Crippen LogP contribution >= 0.6 is 0 Å². The smallest absolute Gasteiger partial charge is 0.329 e. The predicted octanol–water partition coefficient (Wildman–Crippen LogP) is 1.03. The van der Waals surface area contributed by atoms with Gasteiger partial charge in [-0.1, -0.05) is 12.1 Å². The first-order valence-electron chi connectivity index (χ1n) is 4.60. The molecule has 0 aliphatic carbocycles. The number of methoxy groups -OCH3 is 1. The molecule has 84 valence electrons. The number of rotatable bonds is 5. The molecule has 0 bridgehead atoms. The molecular formula is C11H11NO4. The number of benzene rings is 1. The maximum Gasteiger partial charge on any atom is 0.329 e. The lowest BCUT2D eigenvalue weighted by Gasteiger charge is -2.06. The summed E-state index contributed by atoms with van der Waals surface area (Å²) < 4.78 is 4.97. The molecule has 0 radical (unpaired) electrons. The third-order valence-electron chi connectivity index (χ3n) is 2.08. The van der Waals surface area contributed by atoms with Crippen LogP contribution in [0.4, 0.5) is 0 Å². The lowest BCUT2D eigenvalue weighted by molar-refractivity contribution is -0.138. The summed E-state index contributed by atoms with van der Waals surface area (Å²) in [4.78, 5) is 24.0. The molecule has 0 unspecified atom stereocenters. The molecule has 1 aromatic rings. The van der Waals surface area contributed by atoms with Crippen molar-refractivity contribution in [2.24, 2.45) is 4.99 Å². The van der Waals surface area contributed by atoms with Crippen LogP contribution in [0.3, 0.4) is 0 Å². The van der Waals surface area contributed by atoms with E-state index in [-0.39, 0.29) is 6.42 Å². The zero-order valence-corrected chi connectivity index (χ0v) is 8.71. The average molecular weight is 221 g/mol. The number of ether oxygens (including phenoxy) is 1. The van der Waals surface area contributed by atoms with Gasteiger partial charge in [-0.05, 0) is 17.7 Å². The van der Waals surface area contributed by atoms with Crippen LogP contribution < -0.4 is 4.74 Å². The first-order valence-corrected chi connectivity index (χ1v) is 4.60. The van der Waals surface area contributed by atoms with E-state index in [4.69, 9.17) is 9.84 Å². The molecule has 1 atom stereocenters. The van der Waals surface area contributed by atoms with Crippen LogP contribution in [0.1, 0.15) is 5.56 Å². The predicted molar refractivity (Wildman–Crippen MR) is 56.2 cm³/mol. The Labute approximate surface area is 92.4 Å². The molecule has 1 N–H and O–H groups in total. The second kappa shape index (κ2) is 5.68. The molecule has 0 saturated heterocycles. The van der Waals surface area contributed by atoms with E-state index in [0.717, 1.165) is 5.56 Å². The van der Waals surface area contributed by atoms with E-state index in [2.05, 4.69) is 4.99 Å². The molecule has 0 heterocycles. The Hall–Kier alpha value is -2.13. The number of carboxylic acid groups (broad SMARTS) is 1. The summed E-state index contributed by atoms with van der Waals surface area (Å²) in [5, 5.41) is 8.77. The van der Waals surface area contributed by atoms with Crippen molar-refractivity contribution in [2.75, 3.05) is 7.11 Å². The van der Waals surface area contributed by atoms with E-state index in [9.17, 15) is 9.59 Å². The number of hydrogen-bond acceptors (Lipinski definition) is 4. The van der Waals surface area contributed by atoms with Crippen molar-refractivity contribution in [3.8, 4) is 5.75 Å². The van der Waals surface area contributed by atoms with Gasteiger partial charge in [-0.25, -0.2) is 9.59 Å². The molecule has 0 amide bonds. The number of carbonyl (C=O) groups is 1. The van der Waals surface area contributed by atoms with Crippen molar-refractivity contribution in [3.63, 3.8) is 0 Å². The molecule has 0 aliphatic rings. The molecule has 16 heavy (non-hydrogen) atoms. The van der Waals surface area contributed by atoms with Gasteiger partial charge in [0.2, 0.25) is 6.08 Å². The average Bonchev–Trinajstić information content (AvgIpc) is 2.29. The topological polar surface area (TPSA) is 76.0 Å². The third-order valence-corrected chi connectivity index (χ3v) is 2.08.